The molecule has 1 saturated carbocycles. The molecule has 3 saturated heterocycles. The van der Waals surface area contributed by atoms with Crippen molar-refractivity contribution >= 4 is 23.5 Å². The second kappa shape index (κ2) is 12.5. The standard InChI is InChI=1S/C23H26N2O4.C18H18O4/c1-27-16-8-14-15(9-17(16)28-2)25-20(26)10-18-21-13-7-19-23(14,22(21)25)4-5-24(19)11-12(13)3-6-29-18;1-3-18(2,13-9-5-4-6-10-13)22-17(21)15-12-8-7-11-14(15)16(19)20/h3,8-9,13,18-19,21-22H,4-7,10-11H2,1-2H3;4-12H,3H2,1-2H3,(H,19,20). The van der Waals surface area contributed by atoms with Crippen molar-refractivity contribution in [1.29, 1.82) is 0 Å². The maximum Gasteiger partial charge on any atom is 0.339 e. The zero-order chi connectivity index (χ0) is 35.7. The molecule has 5 aliphatic heterocycles. The smallest absolute Gasteiger partial charge is 0.339 e. The number of amides is 1. The number of piperidine rings is 2. The molecule has 10 heteroatoms. The van der Waals surface area contributed by atoms with Gasteiger partial charge in [-0.15, -0.1) is 0 Å². The van der Waals surface area contributed by atoms with Gasteiger partial charge in [0.05, 0.1) is 56.2 Å². The number of hydrogen-bond acceptors (Lipinski definition) is 8. The highest BCUT2D eigenvalue weighted by molar-refractivity contribution is 6.02. The SMILES string of the molecule is CCC(C)(OC(=O)c1ccccc1C(=O)O)c1ccccc1.COc1cc2c(cc1OC)C13CCN4CC5=CCOC6CC(=O)N2C1C6C5CC43. The molecule has 3 aromatic rings. The number of anilines is 1. The van der Waals surface area contributed by atoms with Crippen LogP contribution in [-0.4, -0.2) is 80.0 Å². The second-order valence-electron chi connectivity index (χ2n) is 14.7. The molecule has 6 aliphatic rings. The van der Waals surface area contributed by atoms with Gasteiger partial charge in [-0.3, -0.25) is 9.69 Å². The van der Waals surface area contributed by atoms with E-state index in [1.807, 2.05) is 50.2 Å². The predicted molar refractivity (Wildman–Crippen MR) is 189 cm³/mol. The third kappa shape index (κ3) is 5.01. The van der Waals surface area contributed by atoms with Gasteiger partial charge in [-0.05, 0) is 68.0 Å². The molecule has 0 radical (unpaired) electrons. The van der Waals surface area contributed by atoms with Crippen molar-refractivity contribution in [3.05, 3.63) is 101 Å². The zero-order valence-electron chi connectivity index (χ0n) is 29.5. The van der Waals surface area contributed by atoms with E-state index in [1.165, 1.54) is 24.1 Å². The third-order valence-electron chi connectivity index (χ3n) is 12.6. The summed E-state index contributed by atoms with van der Waals surface area (Å²) in [6.45, 7) is 6.55. The molecular weight excluding hydrogens is 648 g/mol. The Morgan fingerprint density at radius 2 is 1.73 bits per heavy atom. The quantitative estimate of drug-likeness (QED) is 0.236. The first-order chi connectivity index (χ1) is 24.6. The van der Waals surface area contributed by atoms with Crippen LogP contribution in [0.3, 0.4) is 0 Å². The predicted octanol–water partition coefficient (Wildman–Crippen LogP) is 5.98. The Morgan fingerprint density at radius 3 is 2.43 bits per heavy atom. The Hall–Kier alpha value is -4.67. The minimum Gasteiger partial charge on any atom is -0.493 e. The molecule has 7 atom stereocenters. The number of carbonyl (C=O) groups excluding carboxylic acids is 2. The van der Waals surface area contributed by atoms with Gasteiger partial charge in [0, 0.05) is 30.0 Å². The van der Waals surface area contributed by atoms with Crippen LogP contribution in [0.1, 0.15) is 71.4 Å². The minimum atomic E-state index is -1.15. The Balaban J connectivity index is 0.000000154. The van der Waals surface area contributed by atoms with E-state index in [-0.39, 0.29) is 34.6 Å². The number of hydrogen-bond donors (Lipinski definition) is 1. The molecule has 7 unspecified atom stereocenters. The number of fused-ring (bicyclic) bond motifs is 2. The maximum atomic E-state index is 13.5. The number of carboxylic acids is 1. The first-order valence-electron chi connectivity index (χ1n) is 17.9. The van der Waals surface area contributed by atoms with Crippen molar-refractivity contribution in [2.24, 2.45) is 11.8 Å². The van der Waals surface area contributed by atoms with E-state index in [0.29, 0.717) is 43.1 Å². The van der Waals surface area contributed by atoms with Crippen LogP contribution in [0.5, 0.6) is 11.5 Å². The van der Waals surface area contributed by atoms with Crippen molar-refractivity contribution in [1.82, 2.24) is 4.90 Å². The highest BCUT2D eigenvalue weighted by Crippen LogP contribution is 2.66. The molecule has 0 aromatic heterocycles. The summed E-state index contributed by atoms with van der Waals surface area (Å²) in [5.41, 5.74) is 3.93. The van der Waals surface area contributed by atoms with Gasteiger partial charge >= 0.3 is 11.9 Å². The Bertz CT molecular complexity index is 1930. The monoisotopic (exact) mass is 692 g/mol. The van der Waals surface area contributed by atoms with Crippen molar-refractivity contribution in [3.63, 3.8) is 0 Å². The number of carbonyl (C=O) groups is 3. The van der Waals surface area contributed by atoms with E-state index in [9.17, 15) is 19.5 Å². The van der Waals surface area contributed by atoms with Crippen molar-refractivity contribution in [3.8, 4) is 11.5 Å². The second-order valence-corrected chi connectivity index (χ2v) is 14.7. The minimum absolute atomic E-state index is 0.0242. The molecule has 5 heterocycles. The molecular formula is C41H44N2O8. The highest BCUT2D eigenvalue weighted by atomic mass is 16.6. The van der Waals surface area contributed by atoms with Crippen LogP contribution >= 0.6 is 0 Å². The molecule has 2 bridgehead atoms. The average molecular weight is 693 g/mol. The summed E-state index contributed by atoms with van der Waals surface area (Å²) in [7, 11) is 3.36. The van der Waals surface area contributed by atoms with Gasteiger partial charge in [-0.25, -0.2) is 9.59 Å². The van der Waals surface area contributed by atoms with E-state index >= 15 is 0 Å². The first kappa shape index (κ1) is 33.5. The van der Waals surface area contributed by atoms with Crippen LogP contribution in [-0.2, 0) is 25.3 Å². The fraction of sp³-hybridized carbons (Fsp3) is 0.439. The largest absolute Gasteiger partial charge is 0.493 e. The number of carboxylic acid groups (broad SMARTS) is 1. The molecule has 1 spiro atoms. The maximum absolute atomic E-state index is 13.5. The van der Waals surface area contributed by atoms with E-state index < -0.39 is 17.5 Å². The number of nitrogens with zero attached hydrogens (tertiary/aromatic N) is 2. The Labute approximate surface area is 297 Å². The van der Waals surface area contributed by atoms with Gasteiger partial charge in [-0.2, -0.15) is 0 Å². The summed E-state index contributed by atoms with van der Waals surface area (Å²) in [5, 5.41) is 9.18. The zero-order valence-corrected chi connectivity index (χ0v) is 29.5. The van der Waals surface area contributed by atoms with E-state index in [2.05, 4.69) is 21.9 Å². The summed E-state index contributed by atoms with van der Waals surface area (Å²) in [6.07, 6.45) is 5.69. The van der Waals surface area contributed by atoms with Crippen LogP contribution in [0.2, 0.25) is 0 Å². The van der Waals surface area contributed by atoms with Gasteiger partial charge in [-0.1, -0.05) is 61.0 Å². The number of ether oxygens (including phenoxy) is 4. The average Bonchev–Trinajstić information content (AvgIpc) is 3.62. The van der Waals surface area contributed by atoms with Crippen molar-refractivity contribution < 1.29 is 38.4 Å². The molecule has 1 amide bonds. The van der Waals surface area contributed by atoms with Crippen LogP contribution < -0.4 is 14.4 Å². The highest BCUT2D eigenvalue weighted by Gasteiger charge is 2.71. The van der Waals surface area contributed by atoms with E-state index in [1.54, 1.807) is 31.9 Å². The summed E-state index contributed by atoms with van der Waals surface area (Å²) in [4.78, 5) is 41.9. The number of rotatable bonds is 7. The van der Waals surface area contributed by atoms with Crippen LogP contribution in [0, 0.1) is 11.8 Å². The van der Waals surface area contributed by atoms with E-state index in [0.717, 1.165) is 36.5 Å². The number of aromatic carboxylic acids is 1. The van der Waals surface area contributed by atoms with Gasteiger partial charge < -0.3 is 29.0 Å². The molecule has 51 heavy (non-hydrogen) atoms. The fourth-order valence-corrected chi connectivity index (χ4v) is 10.1. The fourth-order valence-electron chi connectivity index (χ4n) is 10.1. The number of esters is 1. The number of benzene rings is 3. The van der Waals surface area contributed by atoms with E-state index in [4.69, 9.17) is 18.9 Å². The van der Waals surface area contributed by atoms with Gasteiger partial charge in [0.2, 0.25) is 5.91 Å². The first-order valence-corrected chi connectivity index (χ1v) is 17.9. The van der Waals surface area contributed by atoms with Crippen LogP contribution in [0.15, 0.2) is 78.4 Å². The molecule has 1 aliphatic carbocycles. The lowest BCUT2D eigenvalue weighted by molar-refractivity contribution is -0.132. The topological polar surface area (TPSA) is 115 Å². The normalized spacial score (nSPS) is 29.0. The summed E-state index contributed by atoms with van der Waals surface area (Å²) in [5.74, 6) is 0.793. The Morgan fingerprint density at radius 1 is 1.02 bits per heavy atom. The van der Waals surface area contributed by atoms with Crippen molar-refractivity contribution in [2.45, 2.75) is 68.7 Å². The summed E-state index contributed by atoms with van der Waals surface area (Å²) < 4.78 is 23.2. The van der Waals surface area contributed by atoms with Crippen molar-refractivity contribution in [2.75, 3.05) is 38.8 Å². The van der Waals surface area contributed by atoms with Crippen LogP contribution in [0.25, 0.3) is 0 Å². The molecule has 3 aromatic carbocycles. The molecule has 10 nitrogen and oxygen atoms in total. The molecule has 9 rings (SSSR count). The summed E-state index contributed by atoms with van der Waals surface area (Å²) >= 11 is 0. The lowest BCUT2D eigenvalue weighted by Gasteiger charge is -2.58. The lowest BCUT2D eigenvalue weighted by Crippen LogP contribution is -2.69. The lowest BCUT2D eigenvalue weighted by atomic mass is 9.53. The molecule has 1 N–H and O–H groups in total. The third-order valence-corrected chi connectivity index (χ3v) is 12.6. The number of methoxy groups -OCH3 is 2. The van der Waals surface area contributed by atoms with Gasteiger partial charge in [0.25, 0.3) is 0 Å². The molecule has 4 fully saturated rings. The summed E-state index contributed by atoms with van der Waals surface area (Å²) in [6, 6.07) is 20.4. The van der Waals surface area contributed by atoms with Gasteiger partial charge in [0.1, 0.15) is 5.60 Å². The Kier molecular flexibility index (Phi) is 8.22. The molecule has 266 valence electrons. The van der Waals surface area contributed by atoms with Gasteiger partial charge in [0.15, 0.2) is 11.5 Å². The van der Waals surface area contributed by atoms with Crippen LogP contribution in [0.4, 0.5) is 5.69 Å².